The van der Waals surface area contributed by atoms with E-state index in [-0.39, 0.29) is 0 Å². The van der Waals surface area contributed by atoms with Crippen LogP contribution in [0.25, 0.3) is 0 Å². The van der Waals surface area contributed by atoms with Gasteiger partial charge in [0, 0.05) is 11.6 Å². The van der Waals surface area contributed by atoms with Crippen molar-refractivity contribution in [1.29, 1.82) is 0 Å². The van der Waals surface area contributed by atoms with Gasteiger partial charge >= 0.3 is 0 Å². The minimum atomic E-state index is 0.441. The van der Waals surface area contributed by atoms with Gasteiger partial charge < -0.3 is 10.6 Å². The molecular weight excluding hydrogens is 335 g/mol. The summed E-state index contributed by atoms with van der Waals surface area (Å²) < 4.78 is 0. The Morgan fingerprint density at radius 3 is 2.40 bits per heavy atom. The molecule has 0 heterocycles. The molecular formula is C14H11Cl3N2S. The van der Waals surface area contributed by atoms with Crippen molar-refractivity contribution in [3.63, 3.8) is 0 Å². The SMILES string of the molecule is S=C(NCc1ccccc1Cl)Nc1cccc(Cl)c1Cl. The molecule has 0 saturated carbocycles. The number of halogens is 3. The van der Waals surface area contributed by atoms with Gasteiger partial charge in [-0.3, -0.25) is 0 Å². The smallest absolute Gasteiger partial charge is 0.171 e. The third kappa shape index (κ3) is 4.00. The van der Waals surface area contributed by atoms with Crippen LogP contribution in [0.4, 0.5) is 5.69 Å². The standard InChI is InChI=1S/C14H11Cl3N2S/c15-10-5-2-1-4-9(10)8-18-14(20)19-12-7-3-6-11(16)13(12)17/h1-7H,8H2,(H2,18,19,20). The summed E-state index contributed by atoms with van der Waals surface area (Å²) in [6, 6.07) is 12.9. The minimum absolute atomic E-state index is 0.441. The van der Waals surface area contributed by atoms with E-state index in [1.165, 1.54) is 0 Å². The van der Waals surface area contributed by atoms with Crippen LogP contribution in [0.1, 0.15) is 5.56 Å². The highest BCUT2D eigenvalue weighted by Crippen LogP contribution is 2.29. The Labute approximate surface area is 138 Å². The van der Waals surface area contributed by atoms with E-state index in [2.05, 4.69) is 10.6 Å². The highest BCUT2D eigenvalue weighted by atomic mass is 35.5. The Kier molecular flexibility index (Phi) is 5.49. The van der Waals surface area contributed by atoms with E-state index in [1.807, 2.05) is 24.3 Å². The third-order valence-electron chi connectivity index (χ3n) is 2.60. The second-order valence-corrected chi connectivity index (χ2v) is 5.60. The molecule has 0 amide bonds. The Hall–Kier alpha value is -1.000. The Bertz CT molecular complexity index is 632. The predicted octanol–water partition coefficient (Wildman–Crippen LogP) is 5.13. The molecule has 2 aromatic carbocycles. The van der Waals surface area contributed by atoms with E-state index in [9.17, 15) is 0 Å². The zero-order chi connectivity index (χ0) is 14.5. The lowest BCUT2D eigenvalue weighted by molar-refractivity contribution is 0.926. The van der Waals surface area contributed by atoms with Crippen molar-refractivity contribution >= 4 is 57.8 Å². The number of hydrogen-bond donors (Lipinski definition) is 2. The van der Waals surface area contributed by atoms with E-state index in [1.54, 1.807) is 18.2 Å². The molecule has 2 rings (SSSR count). The first-order valence-electron chi connectivity index (χ1n) is 5.80. The molecule has 0 atom stereocenters. The van der Waals surface area contributed by atoms with Crippen LogP contribution in [0.3, 0.4) is 0 Å². The minimum Gasteiger partial charge on any atom is -0.358 e. The van der Waals surface area contributed by atoms with E-state index in [0.717, 1.165) is 5.56 Å². The zero-order valence-corrected chi connectivity index (χ0v) is 13.4. The molecule has 104 valence electrons. The molecule has 0 unspecified atom stereocenters. The zero-order valence-electron chi connectivity index (χ0n) is 10.3. The summed E-state index contributed by atoms with van der Waals surface area (Å²) in [5.74, 6) is 0. The summed E-state index contributed by atoms with van der Waals surface area (Å²) in [6.07, 6.45) is 0. The molecule has 2 aromatic rings. The summed E-state index contributed by atoms with van der Waals surface area (Å²) in [7, 11) is 0. The van der Waals surface area contributed by atoms with Crippen LogP contribution < -0.4 is 10.6 Å². The molecule has 0 fully saturated rings. The normalized spacial score (nSPS) is 10.2. The summed E-state index contributed by atoms with van der Waals surface area (Å²) in [5, 5.41) is 8.14. The van der Waals surface area contributed by atoms with E-state index in [4.69, 9.17) is 47.0 Å². The van der Waals surface area contributed by atoms with Crippen LogP contribution >= 0.6 is 47.0 Å². The van der Waals surface area contributed by atoms with E-state index >= 15 is 0 Å². The van der Waals surface area contributed by atoms with Crippen LogP contribution in [0.2, 0.25) is 15.1 Å². The van der Waals surface area contributed by atoms with Crippen LogP contribution in [-0.4, -0.2) is 5.11 Å². The monoisotopic (exact) mass is 344 g/mol. The van der Waals surface area contributed by atoms with Gasteiger partial charge in [0.1, 0.15) is 0 Å². The van der Waals surface area contributed by atoms with Gasteiger partial charge in [0.15, 0.2) is 5.11 Å². The van der Waals surface area contributed by atoms with E-state index < -0.39 is 0 Å². The largest absolute Gasteiger partial charge is 0.358 e. The fourth-order valence-electron chi connectivity index (χ4n) is 1.58. The number of nitrogens with one attached hydrogen (secondary N) is 2. The highest BCUT2D eigenvalue weighted by molar-refractivity contribution is 7.80. The first-order chi connectivity index (χ1) is 9.58. The molecule has 0 aliphatic carbocycles. The van der Waals surface area contributed by atoms with Crippen LogP contribution in [-0.2, 0) is 6.54 Å². The molecule has 0 spiro atoms. The molecule has 0 saturated heterocycles. The second-order valence-electron chi connectivity index (χ2n) is 4.00. The number of rotatable bonds is 3. The number of thiocarbonyl (C=S) groups is 1. The molecule has 6 heteroatoms. The van der Waals surface area contributed by atoms with Gasteiger partial charge in [-0.1, -0.05) is 59.1 Å². The molecule has 0 aliphatic heterocycles. The Balaban J connectivity index is 1.96. The van der Waals surface area contributed by atoms with Crippen molar-refractivity contribution < 1.29 is 0 Å². The highest BCUT2D eigenvalue weighted by Gasteiger charge is 2.06. The van der Waals surface area contributed by atoms with Crippen molar-refractivity contribution in [2.45, 2.75) is 6.54 Å². The number of anilines is 1. The maximum atomic E-state index is 6.08. The van der Waals surface area contributed by atoms with E-state index in [0.29, 0.717) is 32.4 Å². The fourth-order valence-corrected chi connectivity index (χ4v) is 2.32. The van der Waals surface area contributed by atoms with Crippen molar-refractivity contribution in [3.8, 4) is 0 Å². The van der Waals surface area contributed by atoms with Crippen LogP contribution in [0.5, 0.6) is 0 Å². The summed E-state index contributed by atoms with van der Waals surface area (Å²) in [6.45, 7) is 0.531. The topological polar surface area (TPSA) is 24.1 Å². The van der Waals surface area contributed by atoms with Crippen molar-refractivity contribution in [2.75, 3.05) is 5.32 Å². The van der Waals surface area contributed by atoms with Crippen molar-refractivity contribution in [1.82, 2.24) is 5.32 Å². The molecule has 2 N–H and O–H groups in total. The predicted molar refractivity (Wildman–Crippen MR) is 91.0 cm³/mol. The molecule has 0 radical (unpaired) electrons. The molecule has 0 aromatic heterocycles. The maximum absolute atomic E-state index is 6.08. The summed E-state index contributed by atoms with van der Waals surface area (Å²) >= 11 is 23.3. The Morgan fingerprint density at radius 2 is 1.65 bits per heavy atom. The van der Waals surface area contributed by atoms with Crippen molar-refractivity contribution in [2.24, 2.45) is 0 Å². The quantitative estimate of drug-likeness (QED) is 0.754. The van der Waals surface area contributed by atoms with Gasteiger partial charge in [-0.25, -0.2) is 0 Å². The summed E-state index contributed by atoms with van der Waals surface area (Å²) in [4.78, 5) is 0. The number of benzene rings is 2. The van der Waals surface area contributed by atoms with Gasteiger partial charge in [-0.05, 0) is 36.0 Å². The second kappa shape index (κ2) is 7.14. The lowest BCUT2D eigenvalue weighted by Crippen LogP contribution is -2.28. The summed E-state index contributed by atoms with van der Waals surface area (Å²) in [5.41, 5.74) is 1.63. The van der Waals surface area contributed by atoms with Crippen molar-refractivity contribution in [3.05, 3.63) is 63.1 Å². The molecule has 0 aliphatic rings. The van der Waals surface area contributed by atoms with Gasteiger partial charge in [0.05, 0.1) is 15.7 Å². The Morgan fingerprint density at radius 1 is 0.950 bits per heavy atom. The first kappa shape index (κ1) is 15.4. The van der Waals surface area contributed by atoms with Gasteiger partial charge in [-0.2, -0.15) is 0 Å². The third-order valence-corrected chi connectivity index (χ3v) is 4.03. The molecule has 0 bridgehead atoms. The lowest BCUT2D eigenvalue weighted by atomic mass is 10.2. The van der Waals surface area contributed by atoms with Crippen LogP contribution in [0, 0.1) is 0 Å². The van der Waals surface area contributed by atoms with Crippen LogP contribution in [0.15, 0.2) is 42.5 Å². The maximum Gasteiger partial charge on any atom is 0.171 e. The molecule has 20 heavy (non-hydrogen) atoms. The number of hydrogen-bond acceptors (Lipinski definition) is 1. The van der Waals surface area contributed by atoms with Gasteiger partial charge in [0.25, 0.3) is 0 Å². The average molecular weight is 346 g/mol. The average Bonchev–Trinajstić information content (AvgIpc) is 2.43. The first-order valence-corrected chi connectivity index (χ1v) is 7.34. The van der Waals surface area contributed by atoms with Gasteiger partial charge in [0.2, 0.25) is 0 Å². The fraction of sp³-hybridized carbons (Fsp3) is 0.0714. The molecule has 2 nitrogen and oxygen atoms in total. The van der Waals surface area contributed by atoms with Gasteiger partial charge in [-0.15, -0.1) is 0 Å². The lowest BCUT2D eigenvalue weighted by Gasteiger charge is -2.12.